The summed E-state index contributed by atoms with van der Waals surface area (Å²) in [4.78, 5) is 0. The number of aromatic nitrogens is 4. The molecule has 0 amide bonds. The zero-order valence-corrected chi connectivity index (χ0v) is 9.59. The second kappa shape index (κ2) is 4.10. The molecule has 0 saturated carbocycles. The van der Waals surface area contributed by atoms with Gasteiger partial charge >= 0.3 is 0 Å². The fourth-order valence-electron chi connectivity index (χ4n) is 2.02. The maximum atomic E-state index is 4.01. The molecule has 86 valence electrons. The standard InChI is InChI=1S/C12H13N5/c1-2-13-8-9-7-12-14-15-16-17(12)11-6-4-3-5-10(9)11/h3-7,13H,2,8H2,1H3. The third kappa shape index (κ3) is 1.64. The van der Waals surface area contributed by atoms with Crippen LogP contribution in [0.1, 0.15) is 12.5 Å². The highest BCUT2D eigenvalue weighted by molar-refractivity contribution is 5.85. The van der Waals surface area contributed by atoms with Crippen molar-refractivity contribution in [2.24, 2.45) is 0 Å². The number of pyridine rings is 1. The van der Waals surface area contributed by atoms with E-state index in [1.165, 1.54) is 10.9 Å². The molecule has 2 aromatic heterocycles. The van der Waals surface area contributed by atoms with E-state index in [0.29, 0.717) is 0 Å². The minimum absolute atomic E-state index is 0.789. The van der Waals surface area contributed by atoms with Crippen LogP contribution in [0, 0.1) is 0 Å². The van der Waals surface area contributed by atoms with Gasteiger partial charge < -0.3 is 5.32 Å². The molecule has 0 aliphatic carbocycles. The second-order valence-electron chi connectivity index (χ2n) is 3.92. The van der Waals surface area contributed by atoms with E-state index in [2.05, 4.69) is 33.8 Å². The number of nitrogens with one attached hydrogen (secondary N) is 1. The summed E-state index contributed by atoms with van der Waals surface area (Å²) < 4.78 is 1.77. The molecule has 5 nitrogen and oxygen atoms in total. The molecule has 1 aromatic carbocycles. The van der Waals surface area contributed by atoms with Crippen LogP contribution >= 0.6 is 0 Å². The summed E-state index contributed by atoms with van der Waals surface area (Å²) in [5.74, 6) is 0. The maximum absolute atomic E-state index is 4.01. The Hall–Kier alpha value is -2.01. The highest BCUT2D eigenvalue weighted by Crippen LogP contribution is 2.19. The van der Waals surface area contributed by atoms with Crippen molar-refractivity contribution in [1.82, 2.24) is 25.4 Å². The molecule has 0 aliphatic heterocycles. The van der Waals surface area contributed by atoms with Crippen LogP contribution in [-0.4, -0.2) is 26.6 Å². The van der Waals surface area contributed by atoms with E-state index in [0.717, 1.165) is 24.3 Å². The molecular weight excluding hydrogens is 214 g/mol. The first-order chi connectivity index (χ1) is 8.40. The molecule has 1 N–H and O–H groups in total. The number of nitrogens with zero attached hydrogens (tertiary/aromatic N) is 4. The molecule has 17 heavy (non-hydrogen) atoms. The van der Waals surface area contributed by atoms with Gasteiger partial charge in [-0.15, -0.1) is 5.10 Å². The molecule has 0 unspecified atom stereocenters. The summed E-state index contributed by atoms with van der Waals surface area (Å²) in [5, 5.41) is 16.3. The van der Waals surface area contributed by atoms with E-state index in [-0.39, 0.29) is 0 Å². The minimum atomic E-state index is 0.789. The average molecular weight is 227 g/mol. The third-order valence-corrected chi connectivity index (χ3v) is 2.84. The number of fused-ring (bicyclic) bond motifs is 3. The van der Waals surface area contributed by atoms with Gasteiger partial charge in [0.2, 0.25) is 0 Å². The van der Waals surface area contributed by atoms with Gasteiger partial charge in [0, 0.05) is 11.9 Å². The molecular formula is C12H13N5. The summed E-state index contributed by atoms with van der Waals surface area (Å²) in [5.41, 5.74) is 3.06. The summed E-state index contributed by atoms with van der Waals surface area (Å²) in [6.45, 7) is 3.88. The second-order valence-corrected chi connectivity index (χ2v) is 3.92. The Balaban J connectivity index is 2.29. The lowest BCUT2D eigenvalue weighted by molar-refractivity contribution is 0.730. The highest BCUT2D eigenvalue weighted by atomic mass is 15.5. The molecule has 2 heterocycles. The maximum Gasteiger partial charge on any atom is 0.180 e. The Bertz CT molecular complexity index is 658. The van der Waals surface area contributed by atoms with Crippen LogP contribution in [0.3, 0.4) is 0 Å². The van der Waals surface area contributed by atoms with Gasteiger partial charge in [-0.2, -0.15) is 4.52 Å². The van der Waals surface area contributed by atoms with Gasteiger partial charge in [0.1, 0.15) is 0 Å². The normalized spacial score (nSPS) is 11.4. The van der Waals surface area contributed by atoms with Crippen molar-refractivity contribution in [3.63, 3.8) is 0 Å². The molecule has 0 spiro atoms. The Morgan fingerprint density at radius 3 is 3.06 bits per heavy atom. The van der Waals surface area contributed by atoms with Crippen LogP contribution in [0.2, 0.25) is 0 Å². The average Bonchev–Trinajstić information content (AvgIpc) is 2.84. The SMILES string of the molecule is CCNCc1cc2nnnn2c2ccccc12. The van der Waals surface area contributed by atoms with Crippen LogP contribution in [-0.2, 0) is 6.54 Å². The topological polar surface area (TPSA) is 55.1 Å². The molecule has 5 heteroatoms. The number of hydrogen-bond acceptors (Lipinski definition) is 4. The van der Waals surface area contributed by atoms with Crippen molar-refractivity contribution in [3.05, 3.63) is 35.9 Å². The lowest BCUT2D eigenvalue weighted by atomic mass is 10.1. The molecule has 0 saturated heterocycles. The van der Waals surface area contributed by atoms with Crippen molar-refractivity contribution < 1.29 is 0 Å². The molecule has 0 fully saturated rings. The van der Waals surface area contributed by atoms with Crippen molar-refractivity contribution in [3.8, 4) is 0 Å². The first-order valence-electron chi connectivity index (χ1n) is 5.69. The van der Waals surface area contributed by atoms with Crippen LogP contribution in [0.15, 0.2) is 30.3 Å². The third-order valence-electron chi connectivity index (χ3n) is 2.84. The van der Waals surface area contributed by atoms with E-state index in [1.54, 1.807) is 4.52 Å². The molecule has 3 aromatic rings. The monoisotopic (exact) mass is 227 g/mol. The summed E-state index contributed by atoms with van der Waals surface area (Å²) in [6, 6.07) is 10.2. The number of tetrazole rings is 1. The van der Waals surface area contributed by atoms with E-state index in [9.17, 15) is 0 Å². The predicted molar refractivity (Wildman–Crippen MR) is 65.7 cm³/mol. The zero-order chi connectivity index (χ0) is 11.7. The van der Waals surface area contributed by atoms with E-state index in [1.807, 2.05) is 24.3 Å². The lowest BCUT2D eigenvalue weighted by Crippen LogP contribution is -2.12. The predicted octanol–water partition coefficient (Wildman–Crippen LogP) is 1.39. The van der Waals surface area contributed by atoms with Gasteiger partial charge in [-0.3, -0.25) is 0 Å². The first kappa shape index (κ1) is 10.2. The van der Waals surface area contributed by atoms with Crippen molar-refractivity contribution in [2.45, 2.75) is 13.5 Å². The quantitative estimate of drug-likeness (QED) is 0.734. The van der Waals surface area contributed by atoms with Crippen molar-refractivity contribution >= 4 is 16.6 Å². The largest absolute Gasteiger partial charge is 0.313 e. The molecule has 0 aliphatic rings. The lowest BCUT2D eigenvalue weighted by Gasteiger charge is -2.07. The fraction of sp³-hybridized carbons (Fsp3) is 0.250. The fourth-order valence-corrected chi connectivity index (χ4v) is 2.02. The summed E-state index contributed by atoms with van der Waals surface area (Å²) >= 11 is 0. The van der Waals surface area contributed by atoms with Crippen molar-refractivity contribution in [2.75, 3.05) is 6.54 Å². The number of hydrogen-bond donors (Lipinski definition) is 1. The Morgan fingerprint density at radius 1 is 1.29 bits per heavy atom. The molecule has 0 radical (unpaired) electrons. The van der Waals surface area contributed by atoms with Crippen LogP contribution in [0.25, 0.3) is 16.6 Å². The number of benzene rings is 1. The Kier molecular flexibility index (Phi) is 2.45. The summed E-state index contributed by atoms with van der Waals surface area (Å²) in [7, 11) is 0. The first-order valence-corrected chi connectivity index (χ1v) is 5.69. The van der Waals surface area contributed by atoms with Gasteiger partial charge in [-0.25, -0.2) is 0 Å². The Morgan fingerprint density at radius 2 is 2.18 bits per heavy atom. The van der Waals surface area contributed by atoms with Crippen LogP contribution in [0.4, 0.5) is 0 Å². The van der Waals surface area contributed by atoms with Crippen LogP contribution < -0.4 is 5.32 Å². The van der Waals surface area contributed by atoms with Gasteiger partial charge in [0.05, 0.1) is 5.52 Å². The molecule has 0 bridgehead atoms. The molecule has 0 atom stereocenters. The molecule has 3 rings (SSSR count). The van der Waals surface area contributed by atoms with E-state index < -0.39 is 0 Å². The Labute approximate surface area is 98.4 Å². The van der Waals surface area contributed by atoms with Gasteiger partial charge in [0.25, 0.3) is 0 Å². The smallest absolute Gasteiger partial charge is 0.180 e. The van der Waals surface area contributed by atoms with Gasteiger partial charge in [-0.1, -0.05) is 25.1 Å². The highest BCUT2D eigenvalue weighted by Gasteiger charge is 2.07. The van der Waals surface area contributed by atoms with Gasteiger partial charge in [0.15, 0.2) is 5.65 Å². The summed E-state index contributed by atoms with van der Waals surface area (Å²) in [6.07, 6.45) is 0. The zero-order valence-electron chi connectivity index (χ0n) is 9.59. The minimum Gasteiger partial charge on any atom is -0.313 e. The number of rotatable bonds is 3. The van der Waals surface area contributed by atoms with Gasteiger partial charge in [-0.05, 0) is 34.7 Å². The van der Waals surface area contributed by atoms with E-state index >= 15 is 0 Å². The van der Waals surface area contributed by atoms with E-state index in [4.69, 9.17) is 0 Å². The van der Waals surface area contributed by atoms with Crippen LogP contribution in [0.5, 0.6) is 0 Å². The van der Waals surface area contributed by atoms with Crippen molar-refractivity contribution in [1.29, 1.82) is 0 Å². The number of para-hydroxylation sites is 1.